The monoisotopic (exact) mass is 418 g/mol. The third-order valence-electron chi connectivity index (χ3n) is 5.00. The zero-order valence-corrected chi connectivity index (χ0v) is 17.3. The third kappa shape index (κ3) is 4.96. The molecule has 162 valence electrons. The summed E-state index contributed by atoms with van der Waals surface area (Å²) in [6.45, 7) is 3.65. The number of nitrogens with one attached hydrogen (secondary N) is 2. The van der Waals surface area contributed by atoms with Gasteiger partial charge in [0, 0.05) is 17.8 Å². The average molecular weight is 418 g/mol. The van der Waals surface area contributed by atoms with E-state index in [2.05, 4.69) is 20.6 Å². The molecule has 0 fully saturated rings. The Hall–Kier alpha value is -2.94. The Balaban J connectivity index is 1.68. The zero-order valence-electron chi connectivity index (χ0n) is 17.3. The van der Waals surface area contributed by atoms with Gasteiger partial charge in [-0.3, -0.25) is 4.79 Å². The lowest BCUT2D eigenvalue weighted by molar-refractivity contribution is -0.129. The minimum absolute atomic E-state index is 0.0588. The van der Waals surface area contributed by atoms with Crippen molar-refractivity contribution in [3.63, 3.8) is 0 Å². The number of hydrogen-bond acceptors (Lipinski definition) is 7. The molecule has 0 radical (unpaired) electrons. The van der Waals surface area contributed by atoms with Crippen LogP contribution in [0.15, 0.2) is 24.4 Å². The number of rotatable bonds is 8. The van der Waals surface area contributed by atoms with E-state index < -0.39 is 11.9 Å². The summed E-state index contributed by atoms with van der Waals surface area (Å²) in [5, 5.41) is 15.1. The second kappa shape index (κ2) is 9.71. The summed E-state index contributed by atoms with van der Waals surface area (Å²) in [6, 6.07) is 4.10. The molecule has 1 amide bonds. The first-order valence-corrected chi connectivity index (χ1v) is 9.98. The maximum Gasteiger partial charge on any atom is 0.261 e. The van der Waals surface area contributed by atoms with E-state index >= 15 is 0 Å². The van der Waals surface area contributed by atoms with Crippen molar-refractivity contribution in [3.05, 3.63) is 41.3 Å². The van der Waals surface area contributed by atoms with Crippen molar-refractivity contribution in [2.75, 3.05) is 19.0 Å². The van der Waals surface area contributed by atoms with E-state index in [-0.39, 0.29) is 30.3 Å². The van der Waals surface area contributed by atoms with Gasteiger partial charge in [-0.05, 0) is 43.9 Å². The van der Waals surface area contributed by atoms with Gasteiger partial charge in [0.2, 0.25) is 11.8 Å². The molecule has 2 aromatic rings. The predicted molar refractivity (Wildman–Crippen MR) is 109 cm³/mol. The number of fused-ring (bicyclic) bond motifs is 1. The van der Waals surface area contributed by atoms with Crippen molar-refractivity contribution in [2.45, 2.75) is 51.3 Å². The minimum atomic E-state index is -0.701. The number of aromatic nitrogens is 2. The Morgan fingerprint density at radius 3 is 2.93 bits per heavy atom. The van der Waals surface area contributed by atoms with E-state index in [4.69, 9.17) is 14.6 Å². The minimum Gasteiger partial charge on any atom is -0.494 e. The lowest BCUT2D eigenvalue weighted by Gasteiger charge is -2.27. The SMILES string of the molecule is CC[C@@H](NC(=O)[C@H]1CCc2cnc(N[C@@H](C)CO)nc2O1)c1ccc(OC)c(F)c1. The maximum atomic E-state index is 14.1. The van der Waals surface area contributed by atoms with Gasteiger partial charge in [0.25, 0.3) is 5.91 Å². The topological polar surface area (TPSA) is 106 Å². The normalized spacial score (nSPS) is 17.3. The summed E-state index contributed by atoms with van der Waals surface area (Å²) in [4.78, 5) is 21.4. The van der Waals surface area contributed by atoms with Gasteiger partial charge < -0.3 is 25.2 Å². The molecular weight excluding hydrogens is 391 g/mol. The van der Waals surface area contributed by atoms with Crippen LogP contribution in [0.5, 0.6) is 11.6 Å². The Morgan fingerprint density at radius 2 is 2.27 bits per heavy atom. The molecular formula is C21H27FN4O4. The quantitative estimate of drug-likeness (QED) is 0.604. The molecule has 2 heterocycles. The van der Waals surface area contributed by atoms with Crippen LogP contribution in [0.3, 0.4) is 0 Å². The number of aryl methyl sites for hydroxylation is 1. The molecule has 3 N–H and O–H groups in total. The number of nitrogens with zero attached hydrogens (tertiary/aromatic N) is 2. The number of benzene rings is 1. The van der Waals surface area contributed by atoms with Gasteiger partial charge in [-0.1, -0.05) is 13.0 Å². The van der Waals surface area contributed by atoms with Crippen LogP contribution in [0.1, 0.15) is 43.9 Å². The van der Waals surface area contributed by atoms with Crippen LogP contribution in [-0.2, 0) is 11.2 Å². The van der Waals surface area contributed by atoms with Gasteiger partial charge in [0.15, 0.2) is 17.7 Å². The molecule has 0 saturated carbocycles. The number of carbonyl (C=O) groups is 1. The molecule has 1 aliphatic heterocycles. The van der Waals surface area contributed by atoms with Crippen LogP contribution >= 0.6 is 0 Å². The van der Waals surface area contributed by atoms with Crippen molar-refractivity contribution in [1.82, 2.24) is 15.3 Å². The molecule has 1 aromatic heterocycles. The molecule has 0 bridgehead atoms. The molecule has 3 rings (SSSR count). The predicted octanol–water partition coefficient (Wildman–Crippen LogP) is 2.38. The van der Waals surface area contributed by atoms with Crippen LogP contribution in [0, 0.1) is 5.82 Å². The van der Waals surface area contributed by atoms with E-state index in [0.717, 1.165) is 5.56 Å². The van der Waals surface area contributed by atoms with Gasteiger partial charge >= 0.3 is 0 Å². The molecule has 9 heteroatoms. The largest absolute Gasteiger partial charge is 0.494 e. The first-order valence-electron chi connectivity index (χ1n) is 9.98. The summed E-state index contributed by atoms with van der Waals surface area (Å²) >= 11 is 0. The number of carbonyl (C=O) groups excluding carboxylic acids is 1. The first-order chi connectivity index (χ1) is 14.4. The van der Waals surface area contributed by atoms with Crippen LogP contribution < -0.4 is 20.1 Å². The highest BCUT2D eigenvalue weighted by molar-refractivity contribution is 5.81. The Kier molecular flexibility index (Phi) is 7.04. The molecule has 3 atom stereocenters. The number of aliphatic hydroxyl groups is 1. The molecule has 0 unspecified atom stereocenters. The van der Waals surface area contributed by atoms with Gasteiger partial charge in [-0.25, -0.2) is 9.37 Å². The number of methoxy groups -OCH3 is 1. The number of amides is 1. The standard InChI is InChI=1S/C21H27FN4O4/c1-4-16(13-5-7-17(29-3)15(22)9-13)25-19(28)18-8-6-14-10-23-21(24-12(2)11-27)26-20(14)30-18/h5,7,9-10,12,16,18,27H,4,6,8,11H2,1-3H3,(H,25,28)(H,23,24,26)/t12-,16+,18+/m0/s1. The summed E-state index contributed by atoms with van der Waals surface area (Å²) in [5.41, 5.74) is 1.48. The Morgan fingerprint density at radius 1 is 1.47 bits per heavy atom. The van der Waals surface area contributed by atoms with Crippen LogP contribution in [0.25, 0.3) is 0 Å². The molecule has 0 aliphatic carbocycles. The first kappa shape index (κ1) is 21.8. The molecule has 1 aliphatic rings. The average Bonchev–Trinajstić information content (AvgIpc) is 2.76. The fourth-order valence-electron chi connectivity index (χ4n) is 3.25. The van der Waals surface area contributed by atoms with Gasteiger partial charge in [-0.15, -0.1) is 0 Å². The fraction of sp³-hybridized carbons (Fsp3) is 0.476. The number of ether oxygens (including phenoxy) is 2. The summed E-state index contributed by atoms with van der Waals surface area (Å²) in [7, 11) is 1.41. The summed E-state index contributed by atoms with van der Waals surface area (Å²) in [5.74, 6) is 0.0933. The van der Waals surface area contributed by atoms with Gasteiger partial charge in [-0.2, -0.15) is 4.98 Å². The summed E-state index contributed by atoms with van der Waals surface area (Å²) in [6.07, 6.45) is 2.66. The molecule has 8 nitrogen and oxygen atoms in total. The summed E-state index contributed by atoms with van der Waals surface area (Å²) < 4.78 is 24.8. The zero-order chi connectivity index (χ0) is 21.7. The maximum absolute atomic E-state index is 14.1. The van der Waals surface area contributed by atoms with Crippen molar-refractivity contribution in [1.29, 1.82) is 0 Å². The smallest absolute Gasteiger partial charge is 0.261 e. The third-order valence-corrected chi connectivity index (χ3v) is 5.00. The van der Waals surface area contributed by atoms with Gasteiger partial charge in [0.1, 0.15) is 0 Å². The van der Waals surface area contributed by atoms with Crippen molar-refractivity contribution >= 4 is 11.9 Å². The van der Waals surface area contributed by atoms with Crippen molar-refractivity contribution < 1.29 is 23.8 Å². The molecule has 0 saturated heterocycles. The van der Waals surface area contributed by atoms with Gasteiger partial charge in [0.05, 0.1) is 19.8 Å². The molecule has 1 aromatic carbocycles. The van der Waals surface area contributed by atoms with Crippen LogP contribution in [0.2, 0.25) is 0 Å². The van der Waals surface area contributed by atoms with Crippen LogP contribution in [-0.4, -0.2) is 46.8 Å². The highest BCUT2D eigenvalue weighted by Crippen LogP contribution is 2.28. The van der Waals surface area contributed by atoms with E-state index in [1.54, 1.807) is 25.3 Å². The van der Waals surface area contributed by atoms with Crippen LogP contribution in [0.4, 0.5) is 10.3 Å². The number of hydrogen-bond donors (Lipinski definition) is 3. The van der Waals surface area contributed by atoms with E-state index in [1.165, 1.54) is 13.2 Å². The number of halogens is 1. The molecule has 30 heavy (non-hydrogen) atoms. The van der Waals surface area contributed by atoms with E-state index in [9.17, 15) is 9.18 Å². The number of anilines is 1. The number of aliphatic hydroxyl groups excluding tert-OH is 1. The second-order valence-corrected chi connectivity index (χ2v) is 7.26. The fourth-order valence-corrected chi connectivity index (χ4v) is 3.25. The molecule has 0 spiro atoms. The lowest BCUT2D eigenvalue weighted by Crippen LogP contribution is -2.42. The Bertz CT molecular complexity index is 895. The van der Waals surface area contributed by atoms with Crippen molar-refractivity contribution in [2.24, 2.45) is 0 Å². The van der Waals surface area contributed by atoms with Crippen molar-refractivity contribution in [3.8, 4) is 11.6 Å². The Labute approximate surface area is 174 Å². The van der Waals surface area contributed by atoms with E-state index in [1.807, 2.05) is 6.92 Å². The van der Waals surface area contributed by atoms with E-state index in [0.29, 0.717) is 36.7 Å². The second-order valence-electron chi connectivity index (χ2n) is 7.26. The lowest BCUT2D eigenvalue weighted by atomic mass is 10.0. The highest BCUT2D eigenvalue weighted by Gasteiger charge is 2.29. The highest BCUT2D eigenvalue weighted by atomic mass is 19.1.